The fourth-order valence-electron chi connectivity index (χ4n) is 2.25. The quantitative estimate of drug-likeness (QED) is 0.892. The maximum atomic E-state index is 12.3. The van der Waals surface area contributed by atoms with E-state index in [1.54, 1.807) is 12.1 Å². The van der Waals surface area contributed by atoms with E-state index >= 15 is 0 Å². The molecule has 1 aromatic rings. The van der Waals surface area contributed by atoms with Gasteiger partial charge in [0, 0.05) is 6.54 Å². The lowest BCUT2D eigenvalue weighted by molar-refractivity contribution is -0.0493. The van der Waals surface area contributed by atoms with Crippen molar-refractivity contribution >= 4 is 11.7 Å². The molecule has 0 unspecified atom stereocenters. The number of hydrogen-bond acceptors (Lipinski definition) is 3. The topological polar surface area (TPSA) is 61.8 Å². The Labute approximate surface area is 115 Å². The van der Waals surface area contributed by atoms with E-state index in [4.69, 9.17) is 0 Å². The van der Waals surface area contributed by atoms with Crippen LogP contribution in [0.5, 0.6) is 5.75 Å². The summed E-state index contributed by atoms with van der Waals surface area (Å²) in [5.41, 5.74) is 0.182. The van der Waals surface area contributed by atoms with Gasteiger partial charge in [0.2, 0.25) is 0 Å². The molecular formula is C13H16F2N2O3. The zero-order valence-electron chi connectivity index (χ0n) is 10.8. The van der Waals surface area contributed by atoms with Crippen molar-refractivity contribution in [2.75, 3.05) is 18.5 Å². The Kier molecular flexibility index (Phi) is 4.73. The summed E-state index contributed by atoms with van der Waals surface area (Å²) in [5.74, 6) is -0.0874. The third-order valence-corrected chi connectivity index (χ3v) is 3.19. The van der Waals surface area contributed by atoms with Crippen molar-refractivity contribution in [3.8, 4) is 5.75 Å². The van der Waals surface area contributed by atoms with Gasteiger partial charge in [-0.3, -0.25) is 0 Å². The van der Waals surface area contributed by atoms with Crippen molar-refractivity contribution in [2.24, 2.45) is 0 Å². The van der Waals surface area contributed by atoms with Crippen LogP contribution >= 0.6 is 0 Å². The van der Waals surface area contributed by atoms with Crippen molar-refractivity contribution in [2.45, 2.75) is 25.5 Å². The lowest BCUT2D eigenvalue weighted by Crippen LogP contribution is -2.40. The number of hydrogen-bond donors (Lipinski definition) is 2. The predicted molar refractivity (Wildman–Crippen MR) is 68.9 cm³/mol. The number of likely N-dealkylation sites (tertiary alicyclic amines) is 1. The number of nitrogens with one attached hydrogen (secondary N) is 1. The number of benzene rings is 1. The molecule has 1 aromatic carbocycles. The smallest absolute Gasteiger partial charge is 0.387 e. The highest BCUT2D eigenvalue weighted by Gasteiger charge is 2.28. The molecule has 7 heteroatoms. The van der Waals surface area contributed by atoms with E-state index in [-0.39, 0.29) is 24.1 Å². The number of aliphatic hydroxyl groups is 1. The van der Waals surface area contributed by atoms with Crippen LogP contribution in [0.25, 0.3) is 0 Å². The van der Waals surface area contributed by atoms with Crippen LogP contribution in [0.1, 0.15) is 12.8 Å². The van der Waals surface area contributed by atoms with Gasteiger partial charge < -0.3 is 20.1 Å². The minimum atomic E-state index is -2.95. The highest BCUT2D eigenvalue weighted by molar-refractivity contribution is 5.91. The number of aliphatic hydroxyl groups excluding tert-OH is 1. The van der Waals surface area contributed by atoms with Crippen molar-refractivity contribution in [3.63, 3.8) is 0 Å². The predicted octanol–water partition coefficient (Wildman–Crippen LogP) is 2.28. The van der Waals surface area contributed by atoms with Gasteiger partial charge in [-0.25, -0.2) is 4.79 Å². The van der Waals surface area contributed by atoms with Gasteiger partial charge in [0.25, 0.3) is 0 Å². The molecule has 1 aliphatic rings. The van der Waals surface area contributed by atoms with Crippen LogP contribution in [-0.4, -0.2) is 41.8 Å². The van der Waals surface area contributed by atoms with Crippen LogP contribution in [0.3, 0.4) is 0 Å². The molecule has 110 valence electrons. The van der Waals surface area contributed by atoms with Gasteiger partial charge in [0.05, 0.1) is 18.3 Å². The van der Waals surface area contributed by atoms with Crippen LogP contribution < -0.4 is 10.1 Å². The van der Waals surface area contributed by atoms with Gasteiger partial charge in [0.1, 0.15) is 5.75 Å². The number of rotatable bonds is 4. The fourth-order valence-corrected chi connectivity index (χ4v) is 2.25. The molecule has 0 spiro atoms. The van der Waals surface area contributed by atoms with E-state index < -0.39 is 12.6 Å². The molecule has 0 saturated carbocycles. The molecule has 0 aliphatic carbocycles. The van der Waals surface area contributed by atoms with Crippen molar-refractivity contribution in [3.05, 3.63) is 24.3 Å². The molecule has 1 aliphatic heterocycles. The molecule has 0 aromatic heterocycles. The van der Waals surface area contributed by atoms with Crippen LogP contribution in [0, 0.1) is 0 Å². The standard InChI is InChI=1S/C13H16F2N2O3/c14-12(15)20-11-6-2-1-5-10(11)16-13(19)17-7-3-4-9(17)8-18/h1-2,5-6,9,12,18H,3-4,7-8H2,(H,16,19)/t9-/m0/s1. The van der Waals surface area contributed by atoms with E-state index in [1.807, 2.05) is 0 Å². The number of urea groups is 1. The molecular weight excluding hydrogens is 270 g/mol. The maximum Gasteiger partial charge on any atom is 0.387 e. The summed E-state index contributed by atoms with van der Waals surface area (Å²) in [6, 6.07) is 5.35. The largest absolute Gasteiger partial charge is 0.433 e. The lowest BCUT2D eigenvalue weighted by atomic mass is 10.2. The van der Waals surface area contributed by atoms with E-state index in [0.29, 0.717) is 6.54 Å². The molecule has 0 radical (unpaired) electrons. The van der Waals surface area contributed by atoms with Gasteiger partial charge in [-0.1, -0.05) is 12.1 Å². The zero-order chi connectivity index (χ0) is 14.5. The van der Waals surface area contributed by atoms with Crippen molar-refractivity contribution in [1.29, 1.82) is 0 Å². The van der Waals surface area contributed by atoms with Gasteiger partial charge in [-0.15, -0.1) is 0 Å². The van der Waals surface area contributed by atoms with Gasteiger partial charge in [-0.05, 0) is 25.0 Å². The van der Waals surface area contributed by atoms with Gasteiger partial charge in [-0.2, -0.15) is 8.78 Å². The van der Waals surface area contributed by atoms with Gasteiger partial charge in [0.15, 0.2) is 0 Å². The number of ether oxygens (including phenoxy) is 1. The first-order valence-corrected chi connectivity index (χ1v) is 6.34. The van der Waals surface area contributed by atoms with E-state index in [9.17, 15) is 18.7 Å². The number of amides is 2. The minimum absolute atomic E-state index is 0.0874. The Morgan fingerprint density at radius 1 is 1.50 bits per heavy atom. The second kappa shape index (κ2) is 6.51. The number of halogens is 2. The summed E-state index contributed by atoms with van der Waals surface area (Å²) >= 11 is 0. The normalized spacial score (nSPS) is 18.4. The average Bonchev–Trinajstić information content (AvgIpc) is 2.88. The fraction of sp³-hybridized carbons (Fsp3) is 0.462. The van der Waals surface area contributed by atoms with Gasteiger partial charge >= 0.3 is 12.6 Å². The Bertz CT molecular complexity index is 471. The average molecular weight is 286 g/mol. The number of nitrogens with zero attached hydrogens (tertiary/aromatic N) is 1. The summed E-state index contributed by atoms with van der Waals surface area (Å²) in [5, 5.41) is 11.7. The molecule has 0 bridgehead atoms. The first-order valence-electron chi connectivity index (χ1n) is 6.34. The molecule has 1 saturated heterocycles. The monoisotopic (exact) mass is 286 g/mol. The molecule has 5 nitrogen and oxygen atoms in total. The van der Waals surface area contributed by atoms with E-state index in [2.05, 4.69) is 10.1 Å². The zero-order valence-corrected chi connectivity index (χ0v) is 10.8. The molecule has 1 heterocycles. The Balaban J connectivity index is 2.07. The summed E-state index contributed by atoms with van der Waals surface area (Å²) in [7, 11) is 0. The second-order valence-corrected chi connectivity index (χ2v) is 4.48. The van der Waals surface area contributed by atoms with Crippen molar-refractivity contribution < 1.29 is 23.4 Å². The first kappa shape index (κ1) is 14.5. The minimum Gasteiger partial charge on any atom is -0.433 e. The molecule has 20 heavy (non-hydrogen) atoms. The number of carbonyl (C=O) groups is 1. The Morgan fingerprint density at radius 3 is 2.95 bits per heavy atom. The number of alkyl halides is 2. The summed E-state index contributed by atoms with van der Waals surface area (Å²) in [6.45, 7) is -2.53. The number of anilines is 1. The Morgan fingerprint density at radius 2 is 2.25 bits per heavy atom. The molecule has 1 fully saturated rings. The van der Waals surface area contributed by atoms with Crippen LogP contribution in [0.2, 0.25) is 0 Å². The first-order chi connectivity index (χ1) is 9.61. The maximum absolute atomic E-state index is 12.3. The summed E-state index contributed by atoms with van der Waals surface area (Å²) < 4.78 is 28.9. The Hall–Kier alpha value is -1.89. The second-order valence-electron chi connectivity index (χ2n) is 4.48. The SMILES string of the molecule is O=C(Nc1ccccc1OC(F)F)N1CCC[C@H]1CO. The third kappa shape index (κ3) is 3.36. The van der Waals surface area contributed by atoms with Crippen LogP contribution in [0.4, 0.5) is 19.3 Å². The van der Waals surface area contributed by atoms with E-state index in [0.717, 1.165) is 12.8 Å². The summed E-state index contributed by atoms with van der Waals surface area (Å²) in [6.07, 6.45) is 1.55. The molecule has 2 rings (SSSR count). The summed E-state index contributed by atoms with van der Waals surface area (Å²) in [4.78, 5) is 13.6. The molecule has 2 N–H and O–H groups in total. The van der Waals surface area contributed by atoms with E-state index in [1.165, 1.54) is 17.0 Å². The third-order valence-electron chi connectivity index (χ3n) is 3.19. The highest BCUT2D eigenvalue weighted by atomic mass is 19.3. The van der Waals surface area contributed by atoms with Crippen LogP contribution in [-0.2, 0) is 0 Å². The number of para-hydroxylation sites is 2. The van der Waals surface area contributed by atoms with Crippen molar-refractivity contribution in [1.82, 2.24) is 4.90 Å². The van der Waals surface area contributed by atoms with Crippen LogP contribution in [0.15, 0.2) is 24.3 Å². The number of carbonyl (C=O) groups excluding carboxylic acids is 1. The molecule has 2 amide bonds. The highest BCUT2D eigenvalue weighted by Crippen LogP contribution is 2.27. The molecule has 1 atom stereocenters. The lowest BCUT2D eigenvalue weighted by Gasteiger charge is -2.23.